The van der Waals surface area contributed by atoms with Gasteiger partial charge in [-0.2, -0.15) is 4.31 Å². The first-order valence-electron chi connectivity index (χ1n) is 7.87. The standard InChI is InChI=1S/C18H19ClN2O2S/c19-18-7-6-16-8-10-21(14-17(16)12-18)24(22,23)11-2-1-4-15-5-3-9-20-13-15/h2-3,5-7,9,11-13H,1,4,8,10,14H2. The Bertz CT molecular complexity index is 835. The highest BCUT2D eigenvalue weighted by Gasteiger charge is 2.24. The minimum Gasteiger partial charge on any atom is -0.264 e. The highest BCUT2D eigenvalue weighted by molar-refractivity contribution is 7.92. The number of sulfonamides is 1. The van der Waals surface area contributed by atoms with Crippen LogP contribution in [-0.2, 0) is 29.4 Å². The third kappa shape index (κ3) is 4.23. The van der Waals surface area contributed by atoms with Gasteiger partial charge in [0, 0.05) is 35.9 Å². The van der Waals surface area contributed by atoms with E-state index in [1.165, 1.54) is 15.3 Å². The van der Waals surface area contributed by atoms with Crippen LogP contribution in [0.2, 0.25) is 5.02 Å². The lowest BCUT2D eigenvalue weighted by molar-refractivity contribution is 0.397. The number of nitrogens with zero attached hydrogens (tertiary/aromatic N) is 2. The summed E-state index contributed by atoms with van der Waals surface area (Å²) in [6, 6.07) is 9.55. The van der Waals surface area contributed by atoms with Crippen LogP contribution in [0.3, 0.4) is 0 Å². The number of rotatable bonds is 5. The molecule has 6 heteroatoms. The van der Waals surface area contributed by atoms with Crippen LogP contribution in [0.1, 0.15) is 23.1 Å². The van der Waals surface area contributed by atoms with E-state index < -0.39 is 10.0 Å². The Balaban J connectivity index is 1.62. The van der Waals surface area contributed by atoms with E-state index in [9.17, 15) is 8.42 Å². The number of aryl methyl sites for hydroxylation is 1. The van der Waals surface area contributed by atoms with Gasteiger partial charge in [-0.05, 0) is 54.2 Å². The second-order valence-corrected chi connectivity index (χ2v) is 8.07. The van der Waals surface area contributed by atoms with Crippen LogP contribution in [0.5, 0.6) is 0 Å². The van der Waals surface area contributed by atoms with Crippen LogP contribution >= 0.6 is 11.6 Å². The van der Waals surface area contributed by atoms with Crippen molar-refractivity contribution in [2.24, 2.45) is 0 Å². The van der Waals surface area contributed by atoms with Crippen LogP contribution in [-0.4, -0.2) is 24.3 Å². The average molecular weight is 363 g/mol. The molecule has 1 aromatic carbocycles. The lowest BCUT2D eigenvalue weighted by Gasteiger charge is -2.27. The van der Waals surface area contributed by atoms with Crippen molar-refractivity contribution in [2.75, 3.05) is 6.54 Å². The minimum absolute atomic E-state index is 0.380. The fraction of sp³-hybridized carbons (Fsp3) is 0.278. The van der Waals surface area contributed by atoms with Crippen LogP contribution in [0.15, 0.2) is 54.2 Å². The Morgan fingerprint density at radius 1 is 1.25 bits per heavy atom. The molecule has 2 heterocycles. The molecule has 0 saturated carbocycles. The van der Waals surface area contributed by atoms with Gasteiger partial charge in [-0.3, -0.25) is 4.98 Å². The summed E-state index contributed by atoms with van der Waals surface area (Å²) in [5.74, 6) is 0. The Morgan fingerprint density at radius 2 is 2.12 bits per heavy atom. The van der Waals surface area contributed by atoms with Gasteiger partial charge in [0.1, 0.15) is 0 Å². The van der Waals surface area contributed by atoms with E-state index in [1.54, 1.807) is 18.5 Å². The van der Waals surface area contributed by atoms with Crippen molar-refractivity contribution in [3.05, 3.63) is 75.9 Å². The summed E-state index contributed by atoms with van der Waals surface area (Å²) < 4.78 is 26.5. The topological polar surface area (TPSA) is 50.3 Å². The largest absolute Gasteiger partial charge is 0.264 e. The first-order valence-corrected chi connectivity index (χ1v) is 9.75. The van der Waals surface area contributed by atoms with E-state index in [0.29, 0.717) is 24.5 Å². The molecule has 0 unspecified atom stereocenters. The molecule has 0 bridgehead atoms. The molecule has 24 heavy (non-hydrogen) atoms. The lowest BCUT2D eigenvalue weighted by Crippen LogP contribution is -2.34. The molecule has 0 saturated heterocycles. The van der Waals surface area contributed by atoms with Crippen molar-refractivity contribution < 1.29 is 8.42 Å². The molecular weight excluding hydrogens is 344 g/mol. The quantitative estimate of drug-likeness (QED) is 0.817. The first kappa shape index (κ1) is 17.1. The lowest BCUT2D eigenvalue weighted by atomic mass is 10.0. The molecule has 1 aliphatic rings. The van der Waals surface area contributed by atoms with Gasteiger partial charge in [0.15, 0.2) is 0 Å². The molecule has 2 aromatic rings. The Morgan fingerprint density at radius 3 is 2.92 bits per heavy atom. The Hall–Kier alpha value is -1.69. The number of halogens is 1. The summed E-state index contributed by atoms with van der Waals surface area (Å²) >= 11 is 6.01. The summed E-state index contributed by atoms with van der Waals surface area (Å²) in [6.45, 7) is 0.884. The number of allylic oxidation sites excluding steroid dienone is 1. The molecule has 0 N–H and O–H groups in total. The molecule has 4 nitrogen and oxygen atoms in total. The van der Waals surface area contributed by atoms with Gasteiger partial charge >= 0.3 is 0 Å². The van der Waals surface area contributed by atoms with Crippen LogP contribution in [0.4, 0.5) is 0 Å². The SMILES string of the molecule is O=S(=O)(C=CCCc1cccnc1)N1CCc2ccc(Cl)cc2C1. The van der Waals surface area contributed by atoms with Crippen molar-refractivity contribution in [3.8, 4) is 0 Å². The van der Waals surface area contributed by atoms with Gasteiger partial charge in [0.25, 0.3) is 0 Å². The Labute approximate surface area is 147 Å². The third-order valence-corrected chi connectivity index (χ3v) is 5.90. The second kappa shape index (κ2) is 7.47. The molecule has 0 amide bonds. The van der Waals surface area contributed by atoms with Crippen molar-refractivity contribution >= 4 is 21.6 Å². The molecule has 126 valence electrons. The number of pyridine rings is 1. The number of benzene rings is 1. The number of hydrogen-bond acceptors (Lipinski definition) is 3. The van der Waals surface area contributed by atoms with E-state index in [-0.39, 0.29) is 0 Å². The molecule has 0 aliphatic carbocycles. The highest BCUT2D eigenvalue weighted by atomic mass is 35.5. The fourth-order valence-corrected chi connectivity index (χ4v) is 4.20. The third-order valence-electron chi connectivity index (χ3n) is 4.10. The van der Waals surface area contributed by atoms with Crippen LogP contribution in [0.25, 0.3) is 0 Å². The average Bonchev–Trinajstić information content (AvgIpc) is 2.59. The maximum Gasteiger partial charge on any atom is 0.236 e. The van der Waals surface area contributed by atoms with E-state index in [0.717, 1.165) is 24.0 Å². The minimum atomic E-state index is -3.40. The molecule has 1 aliphatic heterocycles. The van der Waals surface area contributed by atoms with Gasteiger partial charge in [0.05, 0.1) is 0 Å². The predicted octanol–water partition coefficient (Wildman–Crippen LogP) is 3.57. The second-order valence-electron chi connectivity index (χ2n) is 5.81. The first-order chi connectivity index (χ1) is 11.5. The zero-order chi connectivity index (χ0) is 17.0. The number of aromatic nitrogens is 1. The number of hydrogen-bond donors (Lipinski definition) is 0. The maximum atomic E-state index is 12.5. The number of fused-ring (bicyclic) bond motifs is 1. The molecule has 0 radical (unpaired) electrons. The van der Waals surface area contributed by atoms with Crippen molar-refractivity contribution in [1.29, 1.82) is 0 Å². The molecule has 0 atom stereocenters. The molecule has 1 aromatic heterocycles. The van der Waals surface area contributed by atoms with E-state index >= 15 is 0 Å². The van der Waals surface area contributed by atoms with Gasteiger partial charge < -0.3 is 0 Å². The smallest absolute Gasteiger partial charge is 0.236 e. The fourth-order valence-electron chi connectivity index (χ4n) is 2.79. The Kier molecular flexibility index (Phi) is 5.33. The summed E-state index contributed by atoms with van der Waals surface area (Å²) in [5.41, 5.74) is 3.26. The zero-order valence-corrected chi connectivity index (χ0v) is 14.8. The van der Waals surface area contributed by atoms with Gasteiger partial charge in [-0.15, -0.1) is 0 Å². The van der Waals surface area contributed by atoms with Gasteiger partial charge in [0.2, 0.25) is 10.0 Å². The monoisotopic (exact) mass is 362 g/mol. The van der Waals surface area contributed by atoms with Crippen LogP contribution in [0, 0.1) is 0 Å². The predicted molar refractivity (Wildman–Crippen MR) is 96.2 cm³/mol. The highest BCUT2D eigenvalue weighted by Crippen LogP contribution is 2.24. The summed E-state index contributed by atoms with van der Waals surface area (Å²) in [4.78, 5) is 4.05. The van der Waals surface area contributed by atoms with Gasteiger partial charge in [-0.1, -0.05) is 29.8 Å². The van der Waals surface area contributed by atoms with Gasteiger partial charge in [-0.25, -0.2) is 8.42 Å². The van der Waals surface area contributed by atoms with Crippen molar-refractivity contribution in [1.82, 2.24) is 9.29 Å². The molecule has 3 rings (SSSR count). The summed E-state index contributed by atoms with van der Waals surface area (Å²) in [5, 5.41) is 1.96. The van der Waals surface area contributed by atoms with Crippen molar-refractivity contribution in [3.63, 3.8) is 0 Å². The maximum absolute atomic E-state index is 12.5. The van der Waals surface area contributed by atoms with E-state index in [1.807, 2.05) is 30.3 Å². The summed E-state index contributed by atoms with van der Waals surface area (Å²) in [7, 11) is -3.40. The molecule has 0 fully saturated rings. The summed E-state index contributed by atoms with van der Waals surface area (Å²) in [6.07, 6.45) is 7.41. The zero-order valence-electron chi connectivity index (χ0n) is 13.2. The van der Waals surface area contributed by atoms with Crippen LogP contribution < -0.4 is 0 Å². The van der Waals surface area contributed by atoms with Crippen molar-refractivity contribution in [2.45, 2.75) is 25.8 Å². The van der Waals surface area contributed by atoms with E-state index in [4.69, 9.17) is 11.6 Å². The molecular formula is C18H19ClN2O2S. The normalized spacial score (nSPS) is 15.5. The molecule has 0 spiro atoms. The van der Waals surface area contributed by atoms with E-state index in [2.05, 4.69) is 4.98 Å².